The first-order valence-electron chi connectivity index (χ1n) is 5.31. The van der Waals surface area contributed by atoms with E-state index in [9.17, 15) is 4.21 Å². The van der Waals surface area contributed by atoms with Gasteiger partial charge >= 0.3 is 0 Å². The van der Waals surface area contributed by atoms with Crippen molar-refractivity contribution in [2.24, 2.45) is 0 Å². The van der Waals surface area contributed by atoms with E-state index >= 15 is 0 Å². The molecular weight excluding hydrogens is 222 g/mol. The standard InChI is InChI=1S/C11H19N3OS/c1-4-14-9-11(8-13-14)7-12-10(2)5-6-16(3)15/h4,8-10,12H,1,5-7H2,2-3H3. The maximum atomic E-state index is 10.9. The highest BCUT2D eigenvalue weighted by molar-refractivity contribution is 7.84. The van der Waals surface area contributed by atoms with Gasteiger partial charge in [0.2, 0.25) is 0 Å². The van der Waals surface area contributed by atoms with Crippen LogP contribution in [0.15, 0.2) is 19.0 Å². The summed E-state index contributed by atoms with van der Waals surface area (Å²) in [6, 6.07) is 0.371. The van der Waals surface area contributed by atoms with Gasteiger partial charge in [-0.2, -0.15) is 5.10 Å². The molecule has 0 aliphatic carbocycles. The minimum atomic E-state index is -0.701. The van der Waals surface area contributed by atoms with E-state index in [1.54, 1.807) is 17.1 Å². The lowest BCUT2D eigenvalue weighted by molar-refractivity contribution is 0.535. The van der Waals surface area contributed by atoms with Gasteiger partial charge in [-0.05, 0) is 13.3 Å². The lowest BCUT2D eigenvalue weighted by Gasteiger charge is -2.11. The van der Waals surface area contributed by atoms with Crippen molar-refractivity contribution >= 4 is 17.0 Å². The van der Waals surface area contributed by atoms with Gasteiger partial charge in [0.1, 0.15) is 0 Å². The van der Waals surface area contributed by atoms with Crippen LogP contribution in [-0.4, -0.2) is 32.0 Å². The summed E-state index contributed by atoms with van der Waals surface area (Å²) in [5, 5.41) is 7.47. The maximum Gasteiger partial charge on any atom is 0.0538 e. The Balaban J connectivity index is 2.28. The Morgan fingerprint density at radius 2 is 2.50 bits per heavy atom. The lowest BCUT2D eigenvalue weighted by atomic mass is 10.2. The van der Waals surface area contributed by atoms with Crippen molar-refractivity contribution in [3.05, 3.63) is 24.5 Å². The third-order valence-corrected chi connectivity index (χ3v) is 3.15. The molecule has 90 valence electrons. The van der Waals surface area contributed by atoms with Crippen molar-refractivity contribution < 1.29 is 4.21 Å². The molecule has 1 heterocycles. The molecule has 0 amide bonds. The van der Waals surface area contributed by atoms with Gasteiger partial charge in [0.05, 0.1) is 6.20 Å². The monoisotopic (exact) mass is 241 g/mol. The summed E-state index contributed by atoms with van der Waals surface area (Å²) >= 11 is 0. The molecule has 0 saturated carbocycles. The molecule has 2 unspecified atom stereocenters. The van der Waals surface area contributed by atoms with Gasteiger partial charge in [0, 0.05) is 53.4 Å². The molecule has 16 heavy (non-hydrogen) atoms. The predicted molar refractivity (Wildman–Crippen MR) is 68.5 cm³/mol. The Morgan fingerprint density at radius 1 is 1.75 bits per heavy atom. The van der Waals surface area contributed by atoms with E-state index < -0.39 is 10.8 Å². The van der Waals surface area contributed by atoms with E-state index in [0.717, 1.165) is 24.3 Å². The number of nitrogens with one attached hydrogen (secondary N) is 1. The molecule has 0 bridgehead atoms. The first-order chi connectivity index (χ1) is 7.61. The Bertz CT molecular complexity index is 362. The second-order valence-electron chi connectivity index (χ2n) is 3.86. The van der Waals surface area contributed by atoms with E-state index in [1.165, 1.54) is 0 Å². The Kier molecular flexibility index (Phi) is 5.42. The number of nitrogens with zero attached hydrogens (tertiary/aromatic N) is 2. The highest BCUT2D eigenvalue weighted by Gasteiger charge is 2.03. The number of hydrogen-bond acceptors (Lipinski definition) is 3. The molecule has 1 N–H and O–H groups in total. The largest absolute Gasteiger partial charge is 0.310 e. The topological polar surface area (TPSA) is 46.9 Å². The molecule has 5 heteroatoms. The zero-order valence-corrected chi connectivity index (χ0v) is 10.7. The van der Waals surface area contributed by atoms with Gasteiger partial charge in [0.15, 0.2) is 0 Å². The average Bonchev–Trinajstić information content (AvgIpc) is 2.71. The van der Waals surface area contributed by atoms with Crippen molar-refractivity contribution in [1.29, 1.82) is 0 Å². The normalized spacial score (nSPS) is 14.6. The quantitative estimate of drug-likeness (QED) is 0.781. The van der Waals surface area contributed by atoms with Crippen molar-refractivity contribution in [3.63, 3.8) is 0 Å². The summed E-state index contributed by atoms with van der Waals surface area (Å²) in [6.45, 7) is 6.52. The fraction of sp³-hybridized carbons (Fsp3) is 0.545. The van der Waals surface area contributed by atoms with E-state index in [2.05, 4.69) is 23.9 Å². The fourth-order valence-corrected chi connectivity index (χ4v) is 1.99. The van der Waals surface area contributed by atoms with Crippen LogP contribution in [0, 0.1) is 0 Å². The number of rotatable bonds is 7. The van der Waals surface area contributed by atoms with Crippen molar-refractivity contribution in [1.82, 2.24) is 15.1 Å². The smallest absolute Gasteiger partial charge is 0.0538 e. The average molecular weight is 241 g/mol. The van der Waals surface area contributed by atoms with E-state index in [0.29, 0.717) is 6.04 Å². The summed E-state index contributed by atoms with van der Waals surface area (Å²) < 4.78 is 12.6. The first kappa shape index (κ1) is 13.1. The molecule has 0 aliphatic heterocycles. The summed E-state index contributed by atoms with van der Waals surface area (Å²) in [5.41, 5.74) is 1.13. The second-order valence-corrected chi connectivity index (χ2v) is 5.41. The minimum absolute atomic E-state index is 0.371. The van der Waals surface area contributed by atoms with Crippen molar-refractivity contribution in [2.75, 3.05) is 12.0 Å². The molecule has 0 saturated heterocycles. The van der Waals surface area contributed by atoms with E-state index in [-0.39, 0.29) is 0 Å². The van der Waals surface area contributed by atoms with Gasteiger partial charge in [0.25, 0.3) is 0 Å². The van der Waals surface area contributed by atoms with Crippen LogP contribution in [-0.2, 0) is 17.3 Å². The van der Waals surface area contributed by atoms with Crippen molar-refractivity contribution in [3.8, 4) is 0 Å². The van der Waals surface area contributed by atoms with Crippen LogP contribution >= 0.6 is 0 Å². The fourth-order valence-electron chi connectivity index (χ4n) is 1.31. The van der Waals surface area contributed by atoms with Crippen LogP contribution in [0.1, 0.15) is 18.9 Å². The summed E-state index contributed by atoms with van der Waals surface area (Å²) in [5.74, 6) is 0.750. The highest BCUT2D eigenvalue weighted by Crippen LogP contribution is 2.00. The summed E-state index contributed by atoms with van der Waals surface area (Å²) in [7, 11) is -0.701. The van der Waals surface area contributed by atoms with Gasteiger partial charge < -0.3 is 5.32 Å². The van der Waals surface area contributed by atoms with Crippen LogP contribution in [0.2, 0.25) is 0 Å². The van der Waals surface area contributed by atoms with Crippen LogP contribution in [0.4, 0.5) is 0 Å². The van der Waals surface area contributed by atoms with Gasteiger partial charge in [-0.15, -0.1) is 0 Å². The van der Waals surface area contributed by atoms with Crippen LogP contribution in [0.25, 0.3) is 6.20 Å². The van der Waals surface area contributed by atoms with Crippen LogP contribution in [0.5, 0.6) is 0 Å². The Hall–Kier alpha value is -0.940. The summed E-state index contributed by atoms with van der Waals surface area (Å²) in [4.78, 5) is 0. The second kappa shape index (κ2) is 6.60. The lowest BCUT2D eigenvalue weighted by Crippen LogP contribution is -2.26. The predicted octanol–water partition coefficient (Wildman–Crippen LogP) is 1.23. The minimum Gasteiger partial charge on any atom is -0.310 e. The molecule has 1 aromatic rings. The van der Waals surface area contributed by atoms with Gasteiger partial charge in [-0.1, -0.05) is 6.58 Å². The van der Waals surface area contributed by atoms with E-state index in [1.807, 2.05) is 12.4 Å². The Labute approximate surface area is 99.2 Å². The molecule has 0 radical (unpaired) electrons. The third kappa shape index (κ3) is 4.72. The van der Waals surface area contributed by atoms with Crippen LogP contribution < -0.4 is 5.32 Å². The number of aromatic nitrogens is 2. The highest BCUT2D eigenvalue weighted by atomic mass is 32.2. The Morgan fingerprint density at radius 3 is 3.06 bits per heavy atom. The van der Waals surface area contributed by atoms with Crippen LogP contribution in [0.3, 0.4) is 0 Å². The molecule has 0 spiro atoms. The molecule has 0 aliphatic rings. The molecule has 0 fully saturated rings. The van der Waals surface area contributed by atoms with Gasteiger partial charge in [-0.25, -0.2) is 4.68 Å². The molecular formula is C11H19N3OS. The zero-order chi connectivity index (χ0) is 12.0. The van der Waals surface area contributed by atoms with Gasteiger partial charge in [-0.3, -0.25) is 4.21 Å². The molecule has 2 atom stereocenters. The summed E-state index contributed by atoms with van der Waals surface area (Å²) in [6.07, 6.45) is 8.08. The molecule has 1 rings (SSSR count). The molecule has 1 aromatic heterocycles. The number of hydrogen-bond donors (Lipinski definition) is 1. The molecule has 0 aromatic carbocycles. The maximum absolute atomic E-state index is 10.9. The SMILES string of the molecule is C=Cn1cc(CNC(C)CCS(C)=O)cn1. The molecule has 4 nitrogen and oxygen atoms in total. The van der Waals surface area contributed by atoms with E-state index in [4.69, 9.17) is 0 Å². The third-order valence-electron chi connectivity index (χ3n) is 2.34. The van der Waals surface area contributed by atoms with Crippen molar-refractivity contribution in [2.45, 2.75) is 25.9 Å². The zero-order valence-electron chi connectivity index (χ0n) is 9.85. The first-order valence-corrected chi connectivity index (χ1v) is 7.03.